The molecule has 0 aromatic heterocycles. The van der Waals surface area contributed by atoms with E-state index < -0.39 is 0 Å². The summed E-state index contributed by atoms with van der Waals surface area (Å²) in [5.74, 6) is 1.15. The van der Waals surface area contributed by atoms with Gasteiger partial charge in [-0.15, -0.1) is 11.8 Å². The van der Waals surface area contributed by atoms with Crippen molar-refractivity contribution in [1.29, 1.82) is 0 Å². The second-order valence-electron chi connectivity index (χ2n) is 7.22. The second-order valence-corrected chi connectivity index (χ2v) is 8.07. The molecule has 0 amide bonds. The quantitative estimate of drug-likeness (QED) is 0.331. The summed E-state index contributed by atoms with van der Waals surface area (Å²) in [5, 5.41) is 10.8. The highest BCUT2D eigenvalue weighted by atomic mass is 32.2. The van der Waals surface area contributed by atoms with Gasteiger partial charge in [0.25, 0.3) is 0 Å². The molecule has 2 atom stereocenters. The topological polar surface area (TPSA) is 20.2 Å². The summed E-state index contributed by atoms with van der Waals surface area (Å²) in [6, 6.07) is 4.29. The van der Waals surface area contributed by atoms with Crippen molar-refractivity contribution in [3.63, 3.8) is 0 Å². The van der Waals surface area contributed by atoms with E-state index in [0.717, 1.165) is 24.8 Å². The van der Waals surface area contributed by atoms with E-state index in [2.05, 4.69) is 45.7 Å². The van der Waals surface area contributed by atoms with Crippen LogP contribution < -0.4 is 0 Å². The molecule has 2 heteroatoms. The average Bonchev–Trinajstić information content (AvgIpc) is 2.54. The Morgan fingerprint density at radius 1 is 1.33 bits per heavy atom. The Hall–Kier alpha value is -1.15. The first-order valence-electron chi connectivity index (χ1n) is 9.20. The number of benzene rings is 1. The number of thioether (sulfide) groups is 1. The van der Waals surface area contributed by atoms with Crippen LogP contribution in [-0.4, -0.2) is 11.4 Å². The molecule has 1 aromatic rings. The maximum Gasteiger partial charge on any atom is 0.120 e. The third-order valence-corrected chi connectivity index (χ3v) is 5.96. The van der Waals surface area contributed by atoms with Gasteiger partial charge in [0.15, 0.2) is 0 Å². The van der Waals surface area contributed by atoms with Crippen molar-refractivity contribution >= 4 is 11.8 Å². The predicted octanol–water partition coefficient (Wildman–Crippen LogP) is 6.86. The summed E-state index contributed by atoms with van der Waals surface area (Å²) in [6.07, 6.45) is 11.5. The fourth-order valence-electron chi connectivity index (χ4n) is 3.80. The highest BCUT2D eigenvalue weighted by Gasteiger charge is 2.29. The summed E-state index contributed by atoms with van der Waals surface area (Å²) >= 11 is 1.75. The smallest absolute Gasteiger partial charge is 0.120 e. The molecule has 0 aliphatic heterocycles. The molecule has 0 spiro atoms. The van der Waals surface area contributed by atoms with Crippen LogP contribution in [0, 0.1) is 5.92 Å². The van der Waals surface area contributed by atoms with Crippen molar-refractivity contribution in [2.24, 2.45) is 5.92 Å². The zero-order valence-corrected chi connectivity index (χ0v) is 16.5. The van der Waals surface area contributed by atoms with Crippen LogP contribution in [-0.2, 0) is 6.42 Å². The third-order valence-electron chi connectivity index (χ3n) is 5.18. The van der Waals surface area contributed by atoms with E-state index in [1.165, 1.54) is 40.9 Å². The molecule has 0 radical (unpaired) electrons. The zero-order chi connectivity index (χ0) is 17.7. The van der Waals surface area contributed by atoms with Gasteiger partial charge in [0.2, 0.25) is 0 Å². The van der Waals surface area contributed by atoms with E-state index >= 15 is 0 Å². The Bertz CT molecular complexity index is 615. The molecular formula is C22H32OS. The predicted molar refractivity (Wildman–Crippen MR) is 107 cm³/mol. The molecule has 1 N–H and O–H groups in total. The van der Waals surface area contributed by atoms with Gasteiger partial charge in [-0.25, -0.2) is 0 Å². The summed E-state index contributed by atoms with van der Waals surface area (Å²) in [5.41, 5.74) is 5.02. The number of allylic oxidation sites excluding steroid dienone is 3. The van der Waals surface area contributed by atoms with Gasteiger partial charge >= 0.3 is 0 Å². The van der Waals surface area contributed by atoms with Crippen LogP contribution in [0.15, 0.2) is 40.8 Å². The lowest BCUT2D eigenvalue weighted by molar-refractivity contribution is 0.431. The van der Waals surface area contributed by atoms with Gasteiger partial charge in [-0.05, 0) is 69.4 Å². The summed E-state index contributed by atoms with van der Waals surface area (Å²) in [6.45, 7) is 10.8. The third kappa shape index (κ3) is 4.47. The maximum absolute atomic E-state index is 10.8. The van der Waals surface area contributed by atoms with Gasteiger partial charge < -0.3 is 5.11 Å². The van der Waals surface area contributed by atoms with Crippen LogP contribution in [0.4, 0.5) is 0 Å². The van der Waals surface area contributed by atoms with Gasteiger partial charge in [0.05, 0.1) is 0 Å². The molecule has 0 fully saturated rings. The first kappa shape index (κ1) is 19.2. The van der Waals surface area contributed by atoms with E-state index in [4.69, 9.17) is 0 Å². The normalized spacial score (nSPS) is 20.8. The number of rotatable bonds is 7. The Labute approximate surface area is 152 Å². The van der Waals surface area contributed by atoms with E-state index in [0.29, 0.717) is 11.7 Å². The molecule has 1 aliphatic rings. The van der Waals surface area contributed by atoms with Crippen molar-refractivity contribution in [2.45, 2.75) is 70.1 Å². The molecule has 132 valence electrons. The molecule has 0 saturated carbocycles. The van der Waals surface area contributed by atoms with Gasteiger partial charge in [-0.1, -0.05) is 43.6 Å². The number of phenols is 1. The summed E-state index contributed by atoms with van der Waals surface area (Å²) in [4.78, 5) is 1.23. The van der Waals surface area contributed by atoms with Crippen LogP contribution in [0.5, 0.6) is 5.75 Å². The number of hydrogen-bond donors (Lipinski definition) is 1. The molecule has 0 heterocycles. The van der Waals surface area contributed by atoms with Crippen LogP contribution in [0.2, 0.25) is 0 Å². The molecule has 1 aliphatic carbocycles. The van der Waals surface area contributed by atoms with Gasteiger partial charge in [0, 0.05) is 16.4 Å². The number of phenolic OH excluding ortho intramolecular Hbond substituents is 1. The molecule has 1 nitrogen and oxygen atoms in total. The van der Waals surface area contributed by atoms with Crippen molar-refractivity contribution in [3.8, 4) is 5.75 Å². The fourth-order valence-corrected chi connectivity index (χ4v) is 4.53. The van der Waals surface area contributed by atoms with Crippen LogP contribution in [0.25, 0.3) is 0 Å². The Balaban J connectivity index is 2.40. The number of hydrogen-bond acceptors (Lipinski definition) is 2. The summed E-state index contributed by atoms with van der Waals surface area (Å²) < 4.78 is 0. The zero-order valence-electron chi connectivity index (χ0n) is 15.7. The molecule has 0 saturated heterocycles. The number of unbranched alkanes of at least 4 members (excludes halogenated alkanes) is 2. The van der Waals surface area contributed by atoms with E-state index in [1.54, 1.807) is 11.8 Å². The minimum atomic E-state index is 0.253. The van der Waals surface area contributed by atoms with Crippen molar-refractivity contribution in [1.82, 2.24) is 0 Å². The maximum atomic E-state index is 10.8. The molecule has 0 unspecified atom stereocenters. The Morgan fingerprint density at radius 2 is 2.08 bits per heavy atom. The van der Waals surface area contributed by atoms with Gasteiger partial charge in [-0.3, -0.25) is 0 Å². The second kappa shape index (κ2) is 8.80. The van der Waals surface area contributed by atoms with E-state index in [9.17, 15) is 5.11 Å². The van der Waals surface area contributed by atoms with Crippen molar-refractivity contribution < 1.29 is 5.11 Å². The van der Waals surface area contributed by atoms with Gasteiger partial charge in [0.1, 0.15) is 5.75 Å². The first-order chi connectivity index (χ1) is 11.5. The lowest BCUT2D eigenvalue weighted by atomic mass is 9.74. The van der Waals surface area contributed by atoms with Crippen LogP contribution >= 0.6 is 11.8 Å². The molecule has 1 aromatic carbocycles. The lowest BCUT2D eigenvalue weighted by Gasteiger charge is -2.32. The highest BCUT2D eigenvalue weighted by Crippen LogP contribution is 2.46. The van der Waals surface area contributed by atoms with Crippen LogP contribution in [0.1, 0.15) is 69.9 Å². The highest BCUT2D eigenvalue weighted by molar-refractivity contribution is 7.98. The Kier molecular flexibility index (Phi) is 7.03. The minimum absolute atomic E-state index is 0.253. The van der Waals surface area contributed by atoms with E-state index in [1.807, 2.05) is 6.07 Å². The average molecular weight is 345 g/mol. The molecular weight excluding hydrogens is 312 g/mol. The summed E-state index contributed by atoms with van der Waals surface area (Å²) in [7, 11) is 0. The molecule has 2 rings (SSSR count). The van der Waals surface area contributed by atoms with Crippen molar-refractivity contribution in [2.75, 3.05) is 6.26 Å². The number of aryl methyl sites for hydroxylation is 1. The molecule has 24 heavy (non-hydrogen) atoms. The monoisotopic (exact) mass is 344 g/mol. The first-order valence-corrected chi connectivity index (χ1v) is 10.4. The SMILES string of the molecule is C=C(C)[C@@H]1CCC(C)=C[C@H]1c1c(O)cc(CCCCC)cc1SC. The minimum Gasteiger partial charge on any atom is -0.508 e. The lowest BCUT2D eigenvalue weighted by Crippen LogP contribution is -2.17. The number of aromatic hydroxyl groups is 1. The molecule has 0 bridgehead atoms. The fraction of sp³-hybridized carbons (Fsp3) is 0.545. The Morgan fingerprint density at radius 3 is 2.71 bits per heavy atom. The largest absolute Gasteiger partial charge is 0.508 e. The van der Waals surface area contributed by atoms with Crippen molar-refractivity contribution in [3.05, 3.63) is 47.1 Å². The van der Waals surface area contributed by atoms with E-state index in [-0.39, 0.29) is 5.92 Å². The van der Waals surface area contributed by atoms with Gasteiger partial charge in [-0.2, -0.15) is 0 Å². The van der Waals surface area contributed by atoms with Crippen LogP contribution in [0.3, 0.4) is 0 Å². The standard InChI is InChI=1S/C22H32OS/c1-6-7-8-9-17-13-20(23)22(21(14-17)24-5)19-12-16(4)10-11-18(19)15(2)3/h12-14,18-19,23H,2,6-11H2,1,3-5H3/t18-,19+/m0/s1.